The van der Waals surface area contributed by atoms with E-state index >= 15 is 0 Å². The predicted octanol–water partition coefficient (Wildman–Crippen LogP) is 4.75. The van der Waals surface area contributed by atoms with Crippen molar-refractivity contribution < 1.29 is 4.74 Å². The molecule has 0 bridgehead atoms. The van der Waals surface area contributed by atoms with E-state index < -0.39 is 0 Å². The minimum absolute atomic E-state index is 0.663. The third kappa shape index (κ3) is 5.12. The van der Waals surface area contributed by atoms with Gasteiger partial charge in [-0.15, -0.1) is 0 Å². The molecule has 7 heteroatoms. The SMILES string of the molecule is C1=CNCC(CNCc2cnc3[nH]cc(-c4ccc5ncc(NCC6CCOCC6)cc5c4)c3c2)=C1. The second-order valence-electron chi connectivity index (χ2n) is 9.68. The number of allylic oxidation sites excluding steroid dienone is 2. The monoisotopic (exact) mass is 480 g/mol. The summed E-state index contributed by atoms with van der Waals surface area (Å²) in [6.45, 7) is 5.24. The third-order valence-electron chi connectivity index (χ3n) is 7.07. The predicted molar refractivity (Wildman–Crippen MR) is 146 cm³/mol. The Balaban J connectivity index is 1.20. The number of aromatic nitrogens is 3. The molecule has 184 valence electrons. The standard InChI is InChI=1S/C29H32N6O/c1-2-21(13-30-7-1)14-31-15-22-10-26-27(19-35-29(26)34-17-22)23-3-4-28-24(11-23)12-25(18-33-28)32-16-20-5-8-36-9-6-20/h1-4,7,10-12,17-20,30-32H,5-6,8-9,13-16H2,(H,34,35). The first kappa shape index (κ1) is 22.8. The number of dihydropyridines is 1. The van der Waals surface area contributed by atoms with Crippen LogP contribution in [0, 0.1) is 5.92 Å². The number of fused-ring (bicyclic) bond motifs is 2. The number of H-pyrrole nitrogens is 1. The second-order valence-corrected chi connectivity index (χ2v) is 9.68. The Morgan fingerprint density at radius 1 is 1.03 bits per heavy atom. The molecule has 1 aromatic carbocycles. The van der Waals surface area contributed by atoms with Crippen LogP contribution in [0.25, 0.3) is 33.1 Å². The normalized spacial score (nSPS) is 16.3. The maximum Gasteiger partial charge on any atom is 0.137 e. The Morgan fingerprint density at radius 3 is 2.86 bits per heavy atom. The van der Waals surface area contributed by atoms with Crippen molar-refractivity contribution in [1.29, 1.82) is 0 Å². The van der Waals surface area contributed by atoms with Gasteiger partial charge in [0.1, 0.15) is 5.65 Å². The number of rotatable bonds is 8. The summed E-state index contributed by atoms with van der Waals surface area (Å²) in [6.07, 6.45) is 14.4. The molecule has 0 saturated carbocycles. The van der Waals surface area contributed by atoms with Crippen molar-refractivity contribution in [3.63, 3.8) is 0 Å². The first-order chi connectivity index (χ1) is 17.8. The van der Waals surface area contributed by atoms with Crippen LogP contribution in [-0.4, -0.2) is 47.8 Å². The van der Waals surface area contributed by atoms with E-state index in [9.17, 15) is 0 Å². The summed E-state index contributed by atoms with van der Waals surface area (Å²) in [5.74, 6) is 0.663. The van der Waals surface area contributed by atoms with Crippen LogP contribution in [0.15, 0.2) is 72.8 Å². The molecule has 0 atom stereocenters. The van der Waals surface area contributed by atoms with E-state index in [0.29, 0.717) is 5.92 Å². The highest BCUT2D eigenvalue weighted by atomic mass is 16.5. The summed E-state index contributed by atoms with van der Waals surface area (Å²) in [6, 6.07) is 10.9. The molecular weight excluding hydrogens is 448 g/mol. The summed E-state index contributed by atoms with van der Waals surface area (Å²) in [7, 11) is 0. The van der Waals surface area contributed by atoms with E-state index in [1.807, 2.05) is 24.7 Å². The number of nitrogens with zero attached hydrogens (tertiary/aromatic N) is 2. The summed E-state index contributed by atoms with van der Waals surface area (Å²) in [5.41, 5.74) is 7.81. The largest absolute Gasteiger partial charge is 0.387 e. The number of pyridine rings is 2. The lowest BCUT2D eigenvalue weighted by molar-refractivity contribution is 0.0699. The van der Waals surface area contributed by atoms with Gasteiger partial charge in [-0.25, -0.2) is 4.98 Å². The lowest BCUT2D eigenvalue weighted by atomic mass is 10.0. The summed E-state index contributed by atoms with van der Waals surface area (Å²) < 4.78 is 5.48. The van der Waals surface area contributed by atoms with Crippen molar-refractivity contribution in [3.05, 3.63) is 78.4 Å². The third-order valence-corrected chi connectivity index (χ3v) is 7.07. The minimum Gasteiger partial charge on any atom is -0.387 e. The van der Waals surface area contributed by atoms with Crippen LogP contribution in [0.3, 0.4) is 0 Å². The average molecular weight is 481 g/mol. The Bertz CT molecular complexity index is 1420. The van der Waals surface area contributed by atoms with Gasteiger partial charge >= 0.3 is 0 Å². The van der Waals surface area contributed by atoms with Crippen LogP contribution < -0.4 is 16.0 Å². The summed E-state index contributed by atoms with van der Waals surface area (Å²) in [4.78, 5) is 12.7. The molecule has 0 unspecified atom stereocenters. The van der Waals surface area contributed by atoms with Gasteiger partial charge in [-0.2, -0.15) is 0 Å². The van der Waals surface area contributed by atoms with Crippen molar-refractivity contribution >= 4 is 27.6 Å². The second kappa shape index (κ2) is 10.5. The van der Waals surface area contributed by atoms with Gasteiger partial charge in [0.2, 0.25) is 0 Å². The number of anilines is 1. The van der Waals surface area contributed by atoms with Gasteiger partial charge in [-0.3, -0.25) is 4.98 Å². The molecule has 7 nitrogen and oxygen atoms in total. The highest BCUT2D eigenvalue weighted by Gasteiger charge is 2.14. The van der Waals surface area contributed by atoms with Crippen molar-refractivity contribution in [2.45, 2.75) is 19.4 Å². The molecule has 0 amide bonds. The molecular formula is C29H32N6O. The lowest BCUT2D eigenvalue weighted by Gasteiger charge is -2.22. The van der Waals surface area contributed by atoms with E-state index in [0.717, 1.165) is 91.0 Å². The molecule has 4 N–H and O–H groups in total. The van der Waals surface area contributed by atoms with E-state index in [1.165, 1.54) is 11.1 Å². The van der Waals surface area contributed by atoms with Gasteiger partial charge in [0.05, 0.1) is 17.4 Å². The van der Waals surface area contributed by atoms with Crippen LogP contribution in [0.5, 0.6) is 0 Å². The van der Waals surface area contributed by atoms with Gasteiger partial charge in [0.25, 0.3) is 0 Å². The first-order valence-corrected chi connectivity index (χ1v) is 12.8. The Kier molecular flexibility index (Phi) is 6.65. The zero-order valence-electron chi connectivity index (χ0n) is 20.4. The molecule has 36 heavy (non-hydrogen) atoms. The number of benzene rings is 1. The Labute approximate surface area is 211 Å². The number of nitrogens with one attached hydrogen (secondary N) is 4. The highest BCUT2D eigenvalue weighted by Crippen LogP contribution is 2.31. The van der Waals surface area contributed by atoms with Crippen molar-refractivity contribution in [2.24, 2.45) is 5.92 Å². The smallest absolute Gasteiger partial charge is 0.137 e. The fourth-order valence-electron chi connectivity index (χ4n) is 4.98. The zero-order chi connectivity index (χ0) is 24.2. The van der Waals surface area contributed by atoms with Crippen LogP contribution in [0.1, 0.15) is 18.4 Å². The molecule has 3 aromatic heterocycles. The van der Waals surface area contributed by atoms with Crippen molar-refractivity contribution in [2.75, 3.05) is 38.2 Å². The highest BCUT2D eigenvalue weighted by molar-refractivity contribution is 5.96. The Morgan fingerprint density at radius 2 is 1.97 bits per heavy atom. The van der Waals surface area contributed by atoms with Crippen LogP contribution >= 0.6 is 0 Å². The number of hydrogen-bond acceptors (Lipinski definition) is 6. The lowest BCUT2D eigenvalue weighted by Crippen LogP contribution is -2.23. The van der Waals surface area contributed by atoms with E-state index in [-0.39, 0.29) is 0 Å². The summed E-state index contributed by atoms with van der Waals surface area (Å²) >= 11 is 0. The van der Waals surface area contributed by atoms with Crippen LogP contribution in [0.2, 0.25) is 0 Å². The maximum atomic E-state index is 5.48. The molecule has 2 aliphatic heterocycles. The fraction of sp³-hybridized carbons (Fsp3) is 0.310. The molecule has 6 rings (SSSR count). The van der Waals surface area contributed by atoms with Crippen LogP contribution in [-0.2, 0) is 11.3 Å². The molecule has 0 aliphatic carbocycles. The Hall–Kier alpha value is -3.68. The van der Waals surface area contributed by atoms with E-state index in [1.54, 1.807) is 0 Å². The summed E-state index contributed by atoms with van der Waals surface area (Å²) in [5, 5.41) is 12.6. The zero-order valence-corrected chi connectivity index (χ0v) is 20.4. The van der Waals surface area contributed by atoms with E-state index in [4.69, 9.17) is 4.74 Å². The quantitative estimate of drug-likeness (QED) is 0.291. The molecule has 0 radical (unpaired) electrons. The maximum absolute atomic E-state index is 5.48. The van der Waals surface area contributed by atoms with Crippen molar-refractivity contribution in [3.8, 4) is 11.1 Å². The fourth-order valence-corrected chi connectivity index (χ4v) is 4.98. The minimum atomic E-state index is 0.663. The van der Waals surface area contributed by atoms with Gasteiger partial charge in [-0.1, -0.05) is 12.1 Å². The van der Waals surface area contributed by atoms with Gasteiger partial charge in [-0.05, 0) is 72.0 Å². The number of hydrogen-bond donors (Lipinski definition) is 4. The number of ether oxygens (including phenoxy) is 1. The molecule has 2 aliphatic rings. The van der Waals surface area contributed by atoms with Crippen molar-refractivity contribution in [1.82, 2.24) is 25.6 Å². The van der Waals surface area contributed by atoms with Gasteiger partial charge < -0.3 is 25.7 Å². The van der Waals surface area contributed by atoms with Gasteiger partial charge in [0, 0.05) is 68.1 Å². The average Bonchev–Trinajstić information content (AvgIpc) is 3.36. The molecule has 1 fully saturated rings. The first-order valence-electron chi connectivity index (χ1n) is 12.8. The van der Waals surface area contributed by atoms with Gasteiger partial charge in [0.15, 0.2) is 0 Å². The number of aromatic amines is 1. The molecule has 0 spiro atoms. The van der Waals surface area contributed by atoms with E-state index in [2.05, 4.69) is 73.5 Å². The molecule has 4 aromatic rings. The molecule has 5 heterocycles. The van der Waals surface area contributed by atoms with Crippen LogP contribution in [0.4, 0.5) is 5.69 Å². The topological polar surface area (TPSA) is 86.9 Å². The molecule has 1 saturated heterocycles.